The summed E-state index contributed by atoms with van der Waals surface area (Å²) < 4.78 is 0. The van der Waals surface area contributed by atoms with Gasteiger partial charge in [0.25, 0.3) is 0 Å². The van der Waals surface area contributed by atoms with Gasteiger partial charge in [0.1, 0.15) is 0 Å². The number of aromatic nitrogens is 1. The molecule has 0 bridgehead atoms. The fourth-order valence-electron chi connectivity index (χ4n) is 3.61. The van der Waals surface area contributed by atoms with E-state index in [0.717, 1.165) is 31.8 Å². The average Bonchev–Trinajstić information content (AvgIpc) is 2.93. The first-order chi connectivity index (χ1) is 9.33. The highest BCUT2D eigenvalue weighted by atomic mass is 32.1. The van der Waals surface area contributed by atoms with E-state index in [1.54, 1.807) is 11.3 Å². The molecule has 19 heavy (non-hydrogen) atoms. The largest absolute Gasteiger partial charge is 0.391 e. The van der Waals surface area contributed by atoms with Crippen molar-refractivity contribution in [3.05, 3.63) is 16.6 Å². The molecule has 2 heterocycles. The minimum absolute atomic E-state index is 0.0794. The predicted molar refractivity (Wildman–Crippen MR) is 78.4 cm³/mol. The van der Waals surface area contributed by atoms with E-state index in [-0.39, 0.29) is 6.10 Å². The monoisotopic (exact) mass is 280 g/mol. The van der Waals surface area contributed by atoms with Gasteiger partial charge in [-0.25, -0.2) is 4.98 Å². The van der Waals surface area contributed by atoms with Crippen LogP contribution >= 0.6 is 11.3 Å². The van der Waals surface area contributed by atoms with Gasteiger partial charge >= 0.3 is 0 Å². The number of thiazole rings is 1. The summed E-state index contributed by atoms with van der Waals surface area (Å²) in [6.07, 6.45) is 10.2. The normalized spacial score (nSPS) is 30.6. The molecule has 2 aliphatic rings. The van der Waals surface area contributed by atoms with Crippen LogP contribution in [0.1, 0.15) is 43.5 Å². The Bertz CT molecular complexity index is 374. The van der Waals surface area contributed by atoms with Crippen LogP contribution in [0.15, 0.2) is 11.6 Å². The molecule has 1 aliphatic heterocycles. The van der Waals surface area contributed by atoms with Gasteiger partial charge in [0.2, 0.25) is 0 Å². The lowest BCUT2D eigenvalue weighted by molar-refractivity contribution is 0.00406. The third-order valence-corrected chi connectivity index (χ3v) is 5.56. The lowest BCUT2D eigenvalue weighted by Crippen LogP contribution is -2.48. The van der Waals surface area contributed by atoms with Gasteiger partial charge in [0.15, 0.2) is 0 Å². The van der Waals surface area contributed by atoms with Crippen molar-refractivity contribution < 1.29 is 5.11 Å². The molecule has 0 radical (unpaired) electrons. The molecular formula is C15H24N2OS. The molecule has 1 saturated heterocycles. The van der Waals surface area contributed by atoms with Gasteiger partial charge in [-0.3, -0.25) is 4.90 Å². The van der Waals surface area contributed by atoms with Gasteiger partial charge in [0, 0.05) is 24.0 Å². The van der Waals surface area contributed by atoms with E-state index in [4.69, 9.17) is 0 Å². The number of hydrogen-bond donors (Lipinski definition) is 1. The number of aliphatic hydroxyl groups excluding tert-OH is 1. The lowest BCUT2D eigenvalue weighted by atomic mass is 9.87. The molecule has 106 valence electrons. The first-order valence-corrected chi connectivity index (χ1v) is 8.51. The molecule has 1 aliphatic carbocycles. The molecule has 1 N–H and O–H groups in total. The van der Waals surface area contributed by atoms with Gasteiger partial charge in [-0.05, 0) is 44.7 Å². The Balaban J connectivity index is 1.49. The van der Waals surface area contributed by atoms with Crippen LogP contribution in [0.4, 0.5) is 0 Å². The maximum Gasteiger partial charge on any atom is 0.0927 e. The zero-order valence-corrected chi connectivity index (χ0v) is 12.3. The minimum Gasteiger partial charge on any atom is -0.391 e. The number of hydrogen-bond acceptors (Lipinski definition) is 4. The predicted octanol–water partition coefficient (Wildman–Crippen LogP) is 2.70. The summed E-state index contributed by atoms with van der Waals surface area (Å²) in [5.74, 6) is 0.795. The Hall–Kier alpha value is -0.450. The van der Waals surface area contributed by atoms with Crippen molar-refractivity contribution >= 4 is 11.3 Å². The van der Waals surface area contributed by atoms with Gasteiger partial charge in [-0.15, -0.1) is 11.3 Å². The molecule has 0 aromatic carbocycles. The number of nitrogens with zero attached hydrogens (tertiary/aromatic N) is 2. The molecule has 0 amide bonds. The second kappa shape index (κ2) is 6.33. The van der Waals surface area contributed by atoms with E-state index in [1.165, 1.54) is 37.1 Å². The fourth-order valence-corrected chi connectivity index (χ4v) is 4.34. The second-order valence-corrected chi connectivity index (χ2v) is 7.01. The zero-order chi connectivity index (χ0) is 13.1. The number of likely N-dealkylation sites (tertiary alicyclic amines) is 1. The number of piperidine rings is 1. The zero-order valence-electron chi connectivity index (χ0n) is 11.5. The Labute approximate surface area is 119 Å². The molecule has 1 saturated carbocycles. The molecule has 4 heteroatoms. The van der Waals surface area contributed by atoms with Gasteiger partial charge in [-0.2, -0.15) is 0 Å². The van der Waals surface area contributed by atoms with E-state index < -0.39 is 0 Å². The molecule has 2 fully saturated rings. The molecule has 0 spiro atoms. The number of aliphatic hydroxyl groups is 1. The van der Waals surface area contributed by atoms with Crippen molar-refractivity contribution in [2.45, 2.75) is 57.1 Å². The third kappa shape index (κ3) is 3.36. The molecular weight excluding hydrogens is 256 g/mol. The fraction of sp³-hybridized carbons (Fsp3) is 0.800. The van der Waals surface area contributed by atoms with E-state index in [2.05, 4.69) is 15.3 Å². The smallest absolute Gasteiger partial charge is 0.0927 e. The molecule has 3 rings (SSSR count). The summed E-state index contributed by atoms with van der Waals surface area (Å²) >= 11 is 1.78. The van der Waals surface area contributed by atoms with Crippen LogP contribution in [0.5, 0.6) is 0 Å². The minimum atomic E-state index is -0.0794. The van der Waals surface area contributed by atoms with Crippen molar-refractivity contribution in [1.29, 1.82) is 0 Å². The summed E-state index contributed by atoms with van der Waals surface area (Å²) in [4.78, 5) is 6.94. The molecule has 2 atom stereocenters. The van der Waals surface area contributed by atoms with Crippen molar-refractivity contribution in [2.75, 3.05) is 13.1 Å². The van der Waals surface area contributed by atoms with Crippen LogP contribution in [0.3, 0.4) is 0 Å². The molecule has 1 aromatic heterocycles. The van der Waals surface area contributed by atoms with Crippen molar-refractivity contribution in [3.63, 3.8) is 0 Å². The van der Waals surface area contributed by atoms with Crippen LogP contribution < -0.4 is 0 Å². The highest BCUT2D eigenvalue weighted by Crippen LogP contribution is 2.29. The SMILES string of the molecule is O[C@@H]1CCCC[C@H]1N1CCC(Cc2nccs2)CC1. The molecule has 1 aromatic rings. The quantitative estimate of drug-likeness (QED) is 0.925. The Morgan fingerprint density at radius 2 is 2.00 bits per heavy atom. The third-order valence-electron chi connectivity index (χ3n) is 4.76. The summed E-state index contributed by atoms with van der Waals surface area (Å²) in [5, 5.41) is 13.5. The van der Waals surface area contributed by atoms with Crippen molar-refractivity contribution in [3.8, 4) is 0 Å². The van der Waals surface area contributed by atoms with Crippen LogP contribution in [-0.4, -0.2) is 40.2 Å². The van der Waals surface area contributed by atoms with Crippen molar-refractivity contribution in [2.24, 2.45) is 5.92 Å². The second-order valence-electron chi connectivity index (χ2n) is 6.03. The summed E-state index contributed by atoms with van der Waals surface area (Å²) in [7, 11) is 0. The maximum atomic E-state index is 10.1. The van der Waals surface area contributed by atoms with Crippen LogP contribution in [-0.2, 0) is 6.42 Å². The van der Waals surface area contributed by atoms with E-state index in [9.17, 15) is 5.11 Å². The van der Waals surface area contributed by atoms with Crippen LogP contribution in [0, 0.1) is 5.92 Å². The Morgan fingerprint density at radius 3 is 2.68 bits per heavy atom. The highest BCUT2D eigenvalue weighted by Gasteiger charge is 2.31. The summed E-state index contributed by atoms with van der Waals surface area (Å²) in [6, 6.07) is 0.439. The first-order valence-electron chi connectivity index (χ1n) is 7.63. The molecule has 3 nitrogen and oxygen atoms in total. The number of rotatable bonds is 3. The summed E-state index contributed by atoms with van der Waals surface area (Å²) in [6.45, 7) is 2.33. The maximum absolute atomic E-state index is 10.1. The highest BCUT2D eigenvalue weighted by molar-refractivity contribution is 7.09. The topological polar surface area (TPSA) is 36.4 Å². The van der Waals surface area contributed by atoms with E-state index in [0.29, 0.717) is 6.04 Å². The Kier molecular flexibility index (Phi) is 4.51. The standard InChI is InChI=1S/C15H24N2OS/c18-14-4-2-1-3-13(14)17-8-5-12(6-9-17)11-15-16-7-10-19-15/h7,10,12-14,18H,1-6,8-9,11H2/t13-,14-/m1/s1. The summed E-state index contributed by atoms with van der Waals surface area (Å²) in [5.41, 5.74) is 0. The van der Waals surface area contributed by atoms with Gasteiger partial charge < -0.3 is 5.11 Å². The van der Waals surface area contributed by atoms with E-state index >= 15 is 0 Å². The molecule has 0 unspecified atom stereocenters. The van der Waals surface area contributed by atoms with Gasteiger partial charge in [-0.1, -0.05) is 12.8 Å². The Morgan fingerprint density at radius 1 is 1.21 bits per heavy atom. The lowest BCUT2D eigenvalue weighted by Gasteiger charge is -2.41. The van der Waals surface area contributed by atoms with Crippen LogP contribution in [0.2, 0.25) is 0 Å². The van der Waals surface area contributed by atoms with Crippen molar-refractivity contribution in [1.82, 2.24) is 9.88 Å². The van der Waals surface area contributed by atoms with Crippen LogP contribution in [0.25, 0.3) is 0 Å². The average molecular weight is 280 g/mol. The van der Waals surface area contributed by atoms with Gasteiger partial charge in [0.05, 0.1) is 11.1 Å². The first kappa shape index (κ1) is 13.5. The van der Waals surface area contributed by atoms with E-state index in [1.807, 2.05) is 6.20 Å².